The second kappa shape index (κ2) is 10.6. The number of rotatable bonds is 6. The zero-order valence-corrected chi connectivity index (χ0v) is 23.4. The minimum Gasteiger partial charge on any atom is -0.405 e. The summed E-state index contributed by atoms with van der Waals surface area (Å²) in [6, 6.07) is 13.0. The number of hydrogen-bond acceptors (Lipinski definition) is 5. The molecule has 9 nitrogen and oxygen atoms in total. The molecule has 0 radical (unpaired) electrons. The lowest BCUT2D eigenvalue weighted by atomic mass is 9.80. The average molecular weight is 594 g/mol. The lowest BCUT2D eigenvalue weighted by Crippen LogP contribution is -2.52. The highest BCUT2D eigenvalue weighted by molar-refractivity contribution is 6.07. The average Bonchev–Trinajstić information content (AvgIpc) is 3.77. The van der Waals surface area contributed by atoms with Crippen molar-refractivity contribution in [2.75, 3.05) is 18.9 Å². The molecular weight excluding hydrogens is 563 g/mol. The molecule has 3 amide bonds. The smallest absolute Gasteiger partial charge is 0.405 e. The number of likely N-dealkylation sites (tertiary alicyclic amines) is 1. The Labute approximate surface area is 245 Å². The summed E-state index contributed by atoms with van der Waals surface area (Å²) in [5, 5.41) is 13.0. The molecule has 0 bridgehead atoms. The number of carbonyl (C=O) groups excluding carboxylic acids is 3. The number of nitriles is 1. The first-order chi connectivity index (χ1) is 20.5. The molecule has 3 aliphatic rings. The fraction of sp³-hybridized carbons (Fsp3) is 0.419. The summed E-state index contributed by atoms with van der Waals surface area (Å²) in [6.07, 6.45) is -0.582. The third-order valence-electron chi connectivity index (χ3n) is 9.10. The minimum atomic E-state index is -4.91. The third-order valence-corrected chi connectivity index (χ3v) is 9.10. The molecule has 2 aliphatic heterocycles. The molecule has 3 atom stereocenters. The van der Waals surface area contributed by atoms with E-state index in [1.165, 1.54) is 35.0 Å². The molecule has 3 heterocycles. The predicted molar refractivity (Wildman–Crippen MR) is 150 cm³/mol. The molecule has 1 saturated carbocycles. The number of para-hydroxylation sites is 1. The van der Waals surface area contributed by atoms with Gasteiger partial charge in [0.15, 0.2) is 0 Å². The number of likely N-dealkylation sites (N-methyl/N-ethyl adjacent to an activating group) is 1. The number of alkyl halides is 3. The van der Waals surface area contributed by atoms with Crippen LogP contribution in [0.1, 0.15) is 54.6 Å². The molecule has 6 rings (SSSR count). The van der Waals surface area contributed by atoms with Crippen molar-refractivity contribution in [3.63, 3.8) is 0 Å². The number of anilines is 1. The maximum Gasteiger partial charge on any atom is 0.573 e. The molecule has 2 fully saturated rings. The fourth-order valence-corrected chi connectivity index (χ4v) is 6.95. The van der Waals surface area contributed by atoms with E-state index in [0.717, 1.165) is 37.3 Å². The predicted octanol–water partition coefficient (Wildman–Crippen LogP) is 5.10. The van der Waals surface area contributed by atoms with Crippen molar-refractivity contribution in [2.45, 2.75) is 62.4 Å². The van der Waals surface area contributed by atoms with Crippen LogP contribution in [0.5, 0.6) is 5.75 Å². The van der Waals surface area contributed by atoms with Crippen LogP contribution in [0.25, 0.3) is 10.9 Å². The standard InChI is InChI=1S/C31H30F3N5O4/c1-38(27(40)24-14-20-22(36-24)11-6-12-26(20)43-31(32,33)34)25(13-18-7-2-3-8-18)28(41)39-17-30(15-19(39)16-35)21-9-4-5-10-23(21)37-29(30)42/h4-6,9-12,14,18-19,25,36H,2-3,7-8,13,15,17H2,1H3,(H,37,42)/t19-,25-,30-/m0/s1. The quantitative estimate of drug-likeness (QED) is 0.412. The topological polar surface area (TPSA) is 119 Å². The molecule has 2 aromatic carbocycles. The van der Waals surface area contributed by atoms with Gasteiger partial charge >= 0.3 is 6.36 Å². The summed E-state index contributed by atoms with van der Waals surface area (Å²) in [5.41, 5.74) is 0.593. The summed E-state index contributed by atoms with van der Waals surface area (Å²) in [4.78, 5) is 47.0. The Morgan fingerprint density at radius 3 is 2.65 bits per heavy atom. The van der Waals surface area contributed by atoms with Gasteiger partial charge in [0.25, 0.3) is 5.91 Å². The van der Waals surface area contributed by atoms with Crippen LogP contribution in [0.2, 0.25) is 0 Å². The van der Waals surface area contributed by atoms with Crippen molar-refractivity contribution in [1.82, 2.24) is 14.8 Å². The Hall–Kier alpha value is -4.53. The Bertz CT molecular complexity index is 1640. The number of benzene rings is 2. The fourth-order valence-electron chi connectivity index (χ4n) is 6.95. The van der Waals surface area contributed by atoms with Crippen molar-refractivity contribution in [3.8, 4) is 11.8 Å². The number of ether oxygens (including phenoxy) is 1. The van der Waals surface area contributed by atoms with E-state index in [9.17, 15) is 32.8 Å². The molecule has 0 unspecified atom stereocenters. The number of nitrogens with one attached hydrogen (secondary N) is 2. The summed E-state index contributed by atoms with van der Waals surface area (Å²) < 4.78 is 43.1. The maximum absolute atomic E-state index is 14.3. The second-order valence-electron chi connectivity index (χ2n) is 11.7. The van der Waals surface area contributed by atoms with Gasteiger partial charge in [-0.2, -0.15) is 5.26 Å². The number of aromatic nitrogens is 1. The first-order valence-corrected chi connectivity index (χ1v) is 14.3. The number of H-pyrrole nitrogens is 1. The zero-order valence-electron chi connectivity index (χ0n) is 23.4. The lowest BCUT2D eigenvalue weighted by molar-refractivity contribution is -0.274. The lowest BCUT2D eigenvalue weighted by Gasteiger charge is -2.33. The van der Waals surface area contributed by atoms with Crippen LogP contribution >= 0.6 is 0 Å². The van der Waals surface area contributed by atoms with Crippen molar-refractivity contribution in [3.05, 3.63) is 59.8 Å². The van der Waals surface area contributed by atoms with Crippen molar-refractivity contribution >= 4 is 34.3 Å². The number of halogens is 3. The van der Waals surface area contributed by atoms with E-state index in [1.54, 1.807) is 12.1 Å². The van der Waals surface area contributed by atoms with E-state index in [4.69, 9.17) is 0 Å². The van der Waals surface area contributed by atoms with Crippen LogP contribution in [0.15, 0.2) is 48.5 Å². The van der Waals surface area contributed by atoms with E-state index in [2.05, 4.69) is 21.1 Å². The van der Waals surface area contributed by atoms with Gasteiger partial charge in [-0.1, -0.05) is 49.9 Å². The summed E-state index contributed by atoms with van der Waals surface area (Å²) in [6.45, 7) is 0.000628. The van der Waals surface area contributed by atoms with Gasteiger partial charge in [0.1, 0.15) is 23.5 Å². The van der Waals surface area contributed by atoms with Gasteiger partial charge in [0.05, 0.1) is 11.5 Å². The monoisotopic (exact) mass is 593 g/mol. The van der Waals surface area contributed by atoms with Crippen LogP contribution in [0, 0.1) is 17.2 Å². The SMILES string of the molecule is CN(C(=O)c1cc2c(OC(F)(F)F)cccc2[nH]1)[C@@H](CC1CCCC1)C(=O)N1C[C@]2(C[C@H]1C#N)C(=O)Nc1ccccc12. The molecule has 1 spiro atoms. The number of carbonyl (C=O) groups is 3. The Morgan fingerprint density at radius 2 is 1.93 bits per heavy atom. The van der Waals surface area contributed by atoms with Crippen LogP contribution in [0.4, 0.5) is 18.9 Å². The number of fused-ring (bicyclic) bond motifs is 3. The third kappa shape index (κ3) is 5.07. The van der Waals surface area contributed by atoms with Gasteiger partial charge < -0.3 is 24.8 Å². The van der Waals surface area contributed by atoms with E-state index in [0.29, 0.717) is 12.1 Å². The molecule has 1 aliphatic carbocycles. The van der Waals surface area contributed by atoms with Crippen LogP contribution in [-0.4, -0.2) is 64.5 Å². The number of amides is 3. The highest BCUT2D eigenvalue weighted by atomic mass is 19.4. The summed E-state index contributed by atoms with van der Waals surface area (Å²) in [5.74, 6) is -1.55. The first kappa shape index (κ1) is 28.6. The normalized spacial score (nSPS) is 22.4. The molecule has 12 heteroatoms. The van der Waals surface area contributed by atoms with E-state index in [-0.39, 0.29) is 41.4 Å². The van der Waals surface area contributed by atoms with E-state index in [1.807, 2.05) is 12.1 Å². The number of nitrogens with zero attached hydrogens (tertiary/aromatic N) is 3. The highest BCUT2D eigenvalue weighted by Gasteiger charge is 2.56. The van der Waals surface area contributed by atoms with Crippen LogP contribution < -0.4 is 10.1 Å². The van der Waals surface area contributed by atoms with Gasteiger partial charge in [-0.25, -0.2) is 0 Å². The van der Waals surface area contributed by atoms with Gasteiger partial charge in [0.2, 0.25) is 11.8 Å². The van der Waals surface area contributed by atoms with Crippen molar-refractivity contribution in [2.24, 2.45) is 5.92 Å². The summed E-state index contributed by atoms with van der Waals surface area (Å²) in [7, 11) is 1.49. The molecule has 1 aromatic heterocycles. The van der Waals surface area contributed by atoms with E-state index < -0.39 is 41.4 Å². The van der Waals surface area contributed by atoms with Gasteiger partial charge in [-0.05, 0) is 42.2 Å². The zero-order chi connectivity index (χ0) is 30.5. The Morgan fingerprint density at radius 1 is 1.19 bits per heavy atom. The first-order valence-electron chi connectivity index (χ1n) is 14.3. The van der Waals surface area contributed by atoms with Gasteiger partial charge in [-0.3, -0.25) is 14.4 Å². The van der Waals surface area contributed by atoms with Crippen LogP contribution in [0.3, 0.4) is 0 Å². The Balaban J connectivity index is 1.31. The maximum atomic E-state index is 14.3. The number of aromatic amines is 1. The molecule has 2 N–H and O–H groups in total. The Kier molecular flexibility index (Phi) is 7.07. The van der Waals surface area contributed by atoms with Gasteiger partial charge in [0, 0.05) is 36.6 Å². The highest BCUT2D eigenvalue weighted by Crippen LogP contribution is 2.46. The molecule has 3 aromatic rings. The second-order valence-corrected chi connectivity index (χ2v) is 11.7. The molecule has 43 heavy (non-hydrogen) atoms. The van der Waals surface area contributed by atoms with E-state index >= 15 is 0 Å². The van der Waals surface area contributed by atoms with Crippen molar-refractivity contribution in [1.29, 1.82) is 5.26 Å². The number of hydrogen-bond donors (Lipinski definition) is 2. The summed E-state index contributed by atoms with van der Waals surface area (Å²) >= 11 is 0. The largest absolute Gasteiger partial charge is 0.573 e. The molecule has 1 saturated heterocycles. The van der Waals surface area contributed by atoms with Crippen LogP contribution in [-0.2, 0) is 15.0 Å². The molecular formula is C31H30F3N5O4. The molecule has 224 valence electrons. The minimum absolute atomic E-state index is 0.000628. The van der Waals surface area contributed by atoms with Gasteiger partial charge in [-0.15, -0.1) is 13.2 Å². The van der Waals surface area contributed by atoms with Crippen molar-refractivity contribution < 1.29 is 32.3 Å².